The molecule has 5 atom stereocenters. The smallest absolute Gasteiger partial charge is 0.326 e. The van der Waals surface area contributed by atoms with Crippen LogP contribution >= 0.6 is 11.8 Å². The van der Waals surface area contributed by atoms with Crippen molar-refractivity contribution in [1.29, 1.82) is 0 Å². The second-order valence-electron chi connectivity index (χ2n) is 4.36. The first-order valence-corrected chi connectivity index (χ1v) is 7.50. The van der Waals surface area contributed by atoms with Gasteiger partial charge in [0.25, 0.3) is 5.91 Å². The predicted octanol–water partition coefficient (Wildman–Crippen LogP) is -3.26. The Morgan fingerprint density at radius 1 is 1.14 bits per heavy atom. The van der Waals surface area contributed by atoms with Crippen LogP contribution in [0.3, 0.4) is 0 Å². The second-order valence-corrected chi connectivity index (χ2v) is 5.34. The first-order chi connectivity index (χ1) is 9.76. The topological polar surface area (TPSA) is 168 Å². The molecule has 0 bridgehead atoms. The molecule has 7 N–H and O–H groups in total. The van der Waals surface area contributed by atoms with Crippen LogP contribution in [0.2, 0.25) is 0 Å². The fourth-order valence-corrected chi connectivity index (χ4v) is 1.90. The van der Waals surface area contributed by atoms with Gasteiger partial charge in [-0.3, -0.25) is 4.79 Å². The molecular formula is C11H21NO8S. The van der Waals surface area contributed by atoms with Gasteiger partial charge in [0.1, 0.15) is 24.4 Å². The van der Waals surface area contributed by atoms with E-state index >= 15 is 0 Å². The number of carboxylic acids is 1. The van der Waals surface area contributed by atoms with E-state index in [1.807, 2.05) is 5.32 Å². The standard InChI is InChI=1S/C11H21NO8S/c1-21-3-2-5(11(19)20)12-10(18)9(17)8(16)7(15)6(14)4-13/h5-9,13-17H,2-4H2,1H3,(H,12,18)(H,19,20). The molecule has 0 saturated carbocycles. The maximum Gasteiger partial charge on any atom is 0.326 e. The summed E-state index contributed by atoms with van der Waals surface area (Å²) in [7, 11) is 0. The molecule has 0 spiro atoms. The molecule has 0 aliphatic rings. The molecule has 0 saturated heterocycles. The van der Waals surface area contributed by atoms with Gasteiger partial charge in [-0.25, -0.2) is 4.79 Å². The molecule has 0 radical (unpaired) electrons. The highest BCUT2D eigenvalue weighted by Gasteiger charge is 2.35. The number of aliphatic carboxylic acids is 1. The number of carbonyl (C=O) groups is 2. The Labute approximate surface area is 125 Å². The lowest BCUT2D eigenvalue weighted by molar-refractivity contribution is -0.153. The quantitative estimate of drug-likeness (QED) is 0.218. The highest BCUT2D eigenvalue weighted by atomic mass is 32.2. The van der Waals surface area contributed by atoms with Gasteiger partial charge in [-0.2, -0.15) is 11.8 Å². The third kappa shape index (κ3) is 6.59. The van der Waals surface area contributed by atoms with Crippen LogP contribution in [0.1, 0.15) is 6.42 Å². The number of carbonyl (C=O) groups excluding carboxylic acids is 1. The zero-order valence-electron chi connectivity index (χ0n) is 11.4. The Morgan fingerprint density at radius 2 is 1.71 bits per heavy atom. The van der Waals surface area contributed by atoms with Crippen LogP contribution in [0.25, 0.3) is 0 Å². The fourth-order valence-electron chi connectivity index (χ4n) is 1.43. The first kappa shape index (κ1) is 20.1. The summed E-state index contributed by atoms with van der Waals surface area (Å²) in [6, 6.07) is -1.24. The SMILES string of the molecule is CSCCC(NC(=O)C(O)C(O)C(O)C(O)CO)C(=O)O. The molecule has 0 aliphatic carbocycles. The zero-order valence-corrected chi connectivity index (χ0v) is 12.2. The molecule has 5 unspecified atom stereocenters. The minimum absolute atomic E-state index is 0.118. The summed E-state index contributed by atoms with van der Waals surface area (Å²) in [6.07, 6.45) is -6.03. The second kappa shape index (κ2) is 9.92. The van der Waals surface area contributed by atoms with Gasteiger partial charge in [0, 0.05) is 0 Å². The van der Waals surface area contributed by atoms with Crippen molar-refractivity contribution in [3.8, 4) is 0 Å². The highest BCUT2D eigenvalue weighted by molar-refractivity contribution is 7.98. The maximum absolute atomic E-state index is 11.6. The first-order valence-electron chi connectivity index (χ1n) is 6.11. The summed E-state index contributed by atoms with van der Waals surface area (Å²) in [5, 5.41) is 57.1. The number of aliphatic hydroxyl groups is 5. The highest BCUT2D eigenvalue weighted by Crippen LogP contribution is 2.07. The molecule has 10 heteroatoms. The molecule has 9 nitrogen and oxygen atoms in total. The van der Waals surface area contributed by atoms with Crippen molar-refractivity contribution in [3.63, 3.8) is 0 Å². The molecule has 0 aromatic rings. The van der Waals surface area contributed by atoms with Crippen molar-refractivity contribution < 1.29 is 40.2 Å². The Kier molecular flexibility index (Phi) is 9.49. The summed E-state index contributed by atoms with van der Waals surface area (Å²) in [4.78, 5) is 22.6. The lowest BCUT2D eigenvalue weighted by Gasteiger charge is -2.25. The van der Waals surface area contributed by atoms with Gasteiger partial charge in [-0.05, 0) is 18.4 Å². The number of nitrogens with one attached hydrogen (secondary N) is 1. The third-order valence-corrected chi connectivity index (χ3v) is 3.39. The van der Waals surface area contributed by atoms with Crippen LogP contribution in [0.4, 0.5) is 0 Å². The number of aliphatic hydroxyl groups excluding tert-OH is 5. The van der Waals surface area contributed by atoms with Crippen molar-refractivity contribution >= 4 is 23.6 Å². The van der Waals surface area contributed by atoms with Crippen LogP contribution in [0.15, 0.2) is 0 Å². The number of hydrogen-bond donors (Lipinski definition) is 7. The molecular weight excluding hydrogens is 306 g/mol. The largest absolute Gasteiger partial charge is 0.480 e. The van der Waals surface area contributed by atoms with E-state index in [0.29, 0.717) is 5.75 Å². The Balaban J connectivity index is 4.64. The van der Waals surface area contributed by atoms with E-state index in [1.54, 1.807) is 6.26 Å². The average molecular weight is 327 g/mol. The van der Waals surface area contributed by atoms with Crippen molar-refractivity contribution in [2.45, 2.75) is 36.9 Å². The van der Waals surface area contributed by atoms with E-state index < -0.39 is 48.9 Å². The molecule has 0 aliphatic heterocycles. The van der Waals surface area contributed by atoms with E-state index in [0.717, 1.165) is 0 Å². The average Bonchev–Trinajstić information content (AvgIpc) is 2.47. The zero-order chi connectivity index (χ0) is 16.6. The van der Waals surface area contributed by atoms with E-state index in [-0.39, 0.29) is 6.42 Å². The third-order valence-electron chi connectivity index (χ3n) is 2.75. The maximum atomic E-state index is 11.6. The molecule has 0 rings (SSSR count). The van der Waals surface area contributed by atoms with Gasteiger partial charge < -0.3 is 36.0 Å². The number of amides is 1. The van der Waals surface area contributed by atoms with Gasteiger partial charge in [-0.15, -0.1) is 0 Å². The van der Waals surface area contributed by atoms with E-state index in [2.05, 4.69) is 0 Å². The normalized spacial score (nSPS) is 18.4. The Morgan fingerprint density at radius 3 is 2.14 bits per heavy atom. The Hall–Kier alpha value is -0.910. The summed E-state index contributed by atoms with van der Waals surface area (Å²) in [5.74, 6) is -2.03. The van der Waals surface area contributed by atoms with Crippen LogP contribution in [0, 0.1) is 0 Å². The van der Waals surface area contributed by atoms with Crippen LogP contribution in [-0.2, 0) is 9.59 Å². The summed E-state index contributed by atoms with van der Waals surface area (Å²) in [5.41, 5.74) is 0. The van der Waals surface area contributed by atoms with E-state index in [4.69, 9.17) is 15.3 Å². The number of hydrogen-bond acceptors (Lipinski definition) is 8. The molecule has 0 fully saturated rings. The molecule has 0 aromatic heterocycles. The van der Waals surface area contributed by atoms with Crippen molar-refractivity contribution in [3.05, 3.63) is 0 Å². The van der Waals surface area contributed by atoms with Crippen molar-refractivity contribution in [1.82, 2.24) is 5.32 Å². The minimum atomic E-state index is -2.14. The van der Waals surface area contributed by atoms with E-state index in [1.165, 1.54) is 11.8 Å². The van der Waals surface area contributed by atoms with Gasteiger partial charge in [-0.1, -0.05) is 0 Å². The molecule has 1 amide bonds. The van der Waals surface area contributed by atoms with Crippen LogP contribution < -0.4 is 5.32 Å². The lowest BCUT2D eigenvalue weighted by atomic mass is 10.0. The predicted molar refractivity (Wildman–Crippen MR) is 73.7 cm³/mol. The summed E-state index contributed by atoms with van der Waals surface area (Å²) < 4.78 is 0. The molecule has 0 aromatic carbocycles. The van der Waals surface area contributed by atoms with Gasteiger partial charge >= 0.3 is 5.97 Å². The minimum Gasteiger partial charge on any atom is -0.480 e. The van der Waals surface area contributed by atoms with Crippen molar-refractivity contribution in [2.24, 2.45) is 0 Å². The Bertz CT molecular complexity index is 342. The number of carboxylic acid groups (broad SMARTS) is 1. The van der Waals surface area contributed by atoms with E-state index in [9.17, 15) is 24.9 Å². The summed E-state index contributed by atoms with van der Waals surface area (Å²) >= 11 is 1.37. The molecule has 124 valence electrons. The monoisotopic (exact) mass is 327 g/mol. The fraction of sp³-hybridized carbons (Fsp3) is 0.818. The molecule has 21 heavy (non-hydrogen) atoms. The number of rotatable bonds is 10. The number of thioether (sulfide) groups is 1. The van der Waals surface area contributed by atoms with Gasteiger partial charge in [0.2, 0.25) is 0 Å². The van der Waals surface area contributed by atoms with Crippen molar-refractivity contribution in [2.75, 3.05) is 18.6 Å². The van der Waals surface area contributed by atoms with Gasteiger partial charge in [0.15, 0.2) is 6.10 Å². The summed E-state index contributed by atoms with van der Waals surface area (Å²) in [6.45, 7) is -0.877. The van der Waals surface area contributed by atoms with Crippen LogP contribution in [0.5, 0.6) is 0 Å². The van der Waals surface area contributed by atoms with Crippen LogP contribution in [-0.4, -0.2) is 91.6 Å². The lowest BCUT2D eigenvalue weighted by Crippen LogP contribution is -2.54. The molecule has 0 heterocycles. The van der Waals surface area contributed by atoms with Gasteiger partial charge in [0.05, 0.1) is 6.61 Å².